The summed E-state index contributed by atoms with van der Waals surface area (Å²) < 4.78 is 0. The van der Waals surface area contributed by atoms with E-state index in [9.17, 15) is 0 Å². The molecule has 1 aromatic heterocycles. The Morgan fingerprint density at radius 3 is 2.24 bits per heavy atom. The van der Waals surface area contributed by atoms with Crippen LogP contribution in [0.15, 0.2) is 36.4 Å². The van der Waals surface area contributed by atoms with Gasteiger partial charge >= 0.3 is 0 Å². The molecule has 25 heavy (non-hydrogen) atoms. The fraction of sp³-hybridized carbons (Fsp3) is 0.524. The minimum atomic E-state index is 0.738. The first-order chi connectivity index (χ1) is 12.3. The molecule has 132 valence electrons. The molecule has 1 unspecified atom stereocenters. The molecule has 2 fully saturated rings. The highest BCUT2D eigenvalue weighted by Gasteiger charge is 2.21. The van der Waals surface area contributed by atoms with E-state index in [2.05, 4.69) is 47.1 Å². The standard InChI is InChI=1S/C21H28N4/c1-17-9-8-14-25(16-17)20-15-19(24-12-6-3-7-13-24)22-21(23-20)18-10-4-2-5-11-18/h2,4-5,10-11,15,17H,3,6-9,12-14,16H2,1H3. The summed E-state index contributed by atoms with van der Waals surface area (Å²) in [6.07, 6.45) is 6.45. The van der Waals surface area contributed by atoms with E-state index in [0.29, 0.717) is 0 Å². The third kappa shape index (κ3) is 3.78. The number of nitrogens with zero attached hydrogens (tertiary/aromatic N) is 4. The minimum absolute atomic E-state index is 0.738. The molecule has 0 radical (unpaired) electrons. The zero-order chi connectivity index (χ0) is 17.1. The van der Waals surface area contributed by atoms with E-state index >= 15 is 0 Å². The Kier molecular flexibility index (Phi) is 4.86. The molecule has 3 heterocycles. The van der Waals surface area contributed by atoms with E-state index in [-0.39, 0.29) is 0 Å². The van der Waals surface area contributed by atoms with Crippen molar-refractivity contribution in [2.75, 3.05) is 36.0 Å². The van der Waals surface area contributed by atoms with Crippen LogP contribution in [0, 0.1) is 5.92 Å². The van der Waals surface area contributed by atoms with Crippen LogP contribution >= 0.6 is 0 Å². The molecular formula is C21H28N4. The predicted octanol–water partition coefficient (Wildman–Crippen LogP) is 4.37. The van der Waals surface area contributed by atoms with Crippen molar-refractivity contribution in [3.05, 3.63) is 36.4 Å². The summed E-state index contributed by atoms with van der Waals surface area (Å²) in [6, 6.07) is 12.6. The molecule has 0 spiro atoms. The number of hydrogen-bond acceptors (Lipinski definition) is 4. The fourth-order valence-corrected chi connectivity index (χ4v) is 3.98. The van der Waals surface area contributed by atoms with Crippen LogP contribution in [0.25, 0.3) is 11.4 Å². The Morgan fingerprint density at radius 1 is 0.840 bits per heavy atom. The van der Waals surface area contributed by atoms with Gasteiger partial charge < -0.3 is 9.80 Å². The molecule has 4 rings (SSSR count). The number of benzene rings is 1. The summed E-state index contributed by atoms with van der Waals surface area (Å²) in [6.45, 7) is 6.78. The van der Waals surface area contributed by atoms with Gasteiger partial charge in [-0.1, -0.05) is 37.3 Å². The van der Waals surface area contributed by atoms with Crippen molar-refractivity contribution in [3.63, 3.8) is 0 Å². The minimum Gasteiger partial charge on any atom is -0.356 e. The van der Waals surface area contributed by atoms with Gasteiger partial charge in [0.2, 0.25) is 0 Å². The summed E-state index contributed by atoms with van der Waals surface area (Å²) in [7, 11) is 0. The average Bonchev–Trinajstić information content (AvgIpc) is 2.69. The van der Waals surface area contributed by atoms with Gasteiger partial charge in [0.05, 0.1) is 0 Å². The van der Waals surface area contributed by atoms with E-state index < -0.39 is 0 Å². The second-order valence-electron chi connectivity index (χ2n) is 7.52. The molecular weight excluding hydrogens is 308 g/mol. The van der Waals surface area contributed by atoms with Gasteiger partial charge in [0, 0.05) is 37.8 Å². The quantitative estimate of drug-likeness (QED) is 0.833. The van der Waals surface area contributed by atoms with Crippen LogP contribution in [0.4, 0.5) is 11.6 Å². The number of rotatable bonds is 3. The Bertz CT molecular complexity index is 694. The van der Waals surface area contributed by atoms with E-state index in [4.69, 9.17) is 9.97 Å². The monoisotopic (exact) mass is 336 g/mol. The topological polar surface area (TPSA) is 32.3 Å². The second-order valence-corrected chi connectivity index (χ2v) is 7.52. The van der Waals surface area contributed by atoms with Gasteiger partial charge in [-0.15, -0.1) is 0 Å². The Morgan fingerprint density at radius 2 is 1.52 bits per heavy atom. The van der Waals surface area contributed by atoms with Gasteiger partial charge in [-0.05, 0) is 38.0 Å². The highest BCUT2D eigenvalue weighted by molar-refractivity contribution is 5.62. The lowest BCUT2D eigenvalue weighted by atomic mass is 10.0. The molecule has 4 nitrogen and oxygen atoms in total. The molecule has 2 aliphatic heterocycles. The van der Waals surface area contributed by atoms with Crippen molar-refractivity contribution in [1.29, 1.82) is 0 Å². The van der Waals surface area contributed by atoms with Crippen LogP contribution in [0.1, 0.15) is 39.0 Å². The van der Waals surface area contributed by atoms with Crippen molar-refractivity contribution in [2.45, 2.75) is 39.0 Å². The molecule has 4 heteroatoms. The van der Waals surface area contributed by atoms with Crippen LogP contribution < -0.4 is 9.80 Å². The molecule has 2 aliphatic rings. The normalized spacial score (nSPS) is 21.4. The third-order valence-electron chi connectivity index (χ3n) is 5.39. The van der Waals surface area contributed by atoms with Crippen molar-refractivity contribution in [2.24, 2.45) is 5.92 Å². The highest BCUT2D eigenvalue weighted by atomic mass is 15.2. The molecule has 2 aromatic rings. The maximum absolute atomic E-state index is 4.94. The first-order valence-corrected chi connectivity index (χ1v) is 9.74. The maximum atomic E-state index is 4.94. The van der Waals surface area contributed by atoms with Gasteiger partial charge in [0.25, 0.3) is 0 Å². The lowest BCUT2D eigenvalue weighted by Crippen LogP contribution is -2.35. The molecule has 0 amide bonds. The van der Waals surface area contributed by atoms with Crippen molar-refractivity contribution < 1.29 is 0 Å². The van der Waals surface area contributed by atoms with Crippen molar-refractivity contribution >= 4 is 11.6 Å². The SMILES string of the molecule is CC1CCCN(c2cc(N3CCCCC3)nc(-c3ccccc3)n2)C1. The van der Waals surface area contributed by atoms with Crippen molar-refractivity contribution in [3.8, 4) is 11.4 Å². The fourth-order valence-electron chi connectivity index (χ4n) is 3.98. The summed E-state index contributed by atoms with van der Waals surface area (Å²) >= 11 is 0. The van der Waals surface area contributed by atoms with Crippen LogP contribution in [0.3, 0.4) is 0 Å². The van der Waals surface area contributed by atoms with Gasteiger partial charge in [-0.25, -0.2) is 9.97 Å². The summed E-state index contributed by atoms with van der Waals surface area (Å²) in [4.78, 5) is 14.8. The van der Waals surface area contributed by atoms with Gasteiger partial charge in [-0.3, -0.25) is 0 Å². The molecule has 0 bridgehead atoms. The number of piperidine rings is 2. The Hall–Kier alpha value is -2.10. The Balaban J connectivity index is 1.72. The molecule has 1 atom stereocenters. The lowest BCUT2D eigenvalue weighted by Gasteiger charge is -2.33. The van der Waals surface area contributed by atoms with Gasteiger partial charge in [0.1, 0.15) is 11.6 Å². The van der Waals surface area contributed by atoms with Crippen LogP contribution in [-0.2, 0) is 0 Å². The molecule has 0 N–H and O–H groups in total. The average molecular weight is 336 g/mol. The lowest BCUT2D eigenvalue weighted by molar-refractivity contribution is 0.444. The zero-order valence-corrected chi connectivity index (χ0v) is 15.2. The van der Waals surface area contributed by atoms with Crippen LogP contribution in [0.2, 0.25) is 0 Å². The van der Waals surface area contributed by atoms with E-state index in [1.807, 2.05) is 6.07 Å². The van der Waals surface area contributed by atoms with E-state index in [1.165, 1.54) is 32.1 Å². The van der Waals surface area contributed by atoms with Gasteiger partial charge in [-0.2, -0.15) is 0 Å². The van der Waals surface area contributed by atoms with Crippen LogP contribution in [0.5, 0.6) is 0 Å². The van der Waals surface area contributed by atoms with Crippen molar-refractivity contribution in [1.82, 2.24) is 9.97 Å². The smallest absolute Gasteiger partial charge is 0.163 e. The largest absolute Gasteiger partial charge is 0.356 e. The summed E-state index contributed by atoms with van der Waals surface area (Å²) in [5.41, 5.74) is 1.10. The van der Waals surface area contributed by atoms with Crippen LogP contribution in [-0.4, -0.2) is 36.1 Å². The van der Waals surface area contributed by atoms with E-state index in [1.54, 1.807) is 0 Å². The van der Waals surface area contributed by atoms with Gasteiger partial charge in [0.15, 0.2) is 5.82 Å². The number of hydrogen-bond donors (Lipinski definition) is 0. The summed E-state index contributed by atoms with van der Waals surface area (Å²) in [5.74, 6) is 3.79. The predicted molar refractivity (Wildman–Crippen MR) is 104 cm³/mol. The van der Waals surface area contributed by atoms with E-state index in [0.717, 1.165) is 55.1 Å². The second kappa shape index (κ2) is 7.42. The number of anilines is 2. The third-order valence-corrected chi connectivity index (χ3v) is 5.39. The number of aromatic nitrogens is 2. The first-order valence-electron chi connectivity index (χ1n) is 9.74. The molecule has 0 aliphatic carbocycles. The Labute approximate surface area is 150 Å². The molecule has 1 aromatic carbocycles. The molecule has 0 saturated carbocycles. The first kappa shape index (κ1) is 16.4. The molecule has 2 saturated heterocycles. The summed E-state index contributed by atoms with van der Waals surface area (Å²) in [5, 5.41) is 0. The highest BCUT2D eigenvalue weighted by Crippen LogP contribution is 2.28. The zero-order valence-electron chi connectivity index (χ0n) is 15.2. The maximum Gasteiger partial charge on any atom is 0.163 e.